The number of carboxylic acid groups (broad SMARTS) is 1. The van der Waals surface area contributed by atoms with Crippen molar-refractivity contribution in [1.82, 2.24) is 4.98 Å². The molecule has 1 unspecified atom stereocenters. The van der Waals surface area contributed by atoms with Crippen LogP contribution in [0.25, 0.3) is 0 Å². The molecule has 5 nitrogen and oxygen atoms in total. The number of ether oxygens (including phenoxy) is 2. The van der Waals surface area contributed by atoms with Crippen LogP contribution in [0.1, 0.15) is 43.4 Å². The van der Waals surface area contributed by atoms with E-state index in [9.17, 15) is 18.0 Å². The van der Waals surface area contributed by atoms with Gasteiger partial charge in [-0.05, 0) is 48.6 Å². The quantitative estimate of drug-likeness (QED) is 0.637. The van der Waals surface area contributed by atoms with Crippen LogP contribution in [0.5, 0.6) is 11.5 Å². The molecule has 1 heterocycles. The molecule has 3 rings (SSSR count). The Labute approximate surface area is 166 Å². The lowest BCUT2D eigenvalue weighted by molar-refractivity contribution is -0.141. The summed E-state index contributed by atoms with van der Waals surface area (Å²) >= 11 is 0. The van der Waals surface area contributed by atoms with E-state index in [1.807, 2.05) is 31.2 Å². The molecule has 0 spiro atoms. The van der Waals surface area contributed by atoms with Crippen LogP contribution in [0.15, 0.2) is 42.6 Å². The number of nitrogens with zero attached hydrogens (tertiary/aromatic N) is 1. The summed E-state index contributed by atoms with van der Waals surface area (Å²) in [5.74, 6) is 0.0543. The van der Waals surface area contributed by atoms with Crippen LogP contribution in [0, 0.1) is 5.41 Å². The fourth-order valence-corrected chi connectivity index (χ4v) is 2.89. The first-order valence-corrected chi connectivity index (χ1v) is 9.27. The monoisotopic (exact) mass is 409 g/mol. The van der Waals surface area contributed by atoms with E-state index in [4.69, 9.17) is 14.6 Å². The van der Waals surface area contributed by atoms with E-state index >= 15 is 0 Å². The SMILES string of the molecule is CC(CC(=O)O)c1ccc(OCC2(COc3ccc(C(F)(F)F)nc3)CC2)cc1. The number of carbonyl (C=O) groups is 1. The Balaban J connectivity index is 1.49. The Morgan fingerprint density at radius 1 is 1.10 bits per heavy atom. The highest BCUT2D eigenvalue weighted by Crippen LogP contribution is 2.46. The highest BCUT2D eigenvalue weighted by molar-refractivity contribution is 5.67. The van der Waals surface area contributed by atoms with Crippen molar-refractivity contribution in [3.05, 3.63) is 53.9 Å². The van der Waals surface area contributed by atoms with Crippen molar-refractivity contribution in [2.24, 2.45) is 5.41 Å². The number of alkyl halides is 3. The van der Waals surface area contributed by atoms with Crippen LogP contribution < -0.4 is 9.47 Å². The highest BCUT2D eigenvalue weighted by Gasteiger charge is 2.44. The fourth-order valence-electron chi connectivity index (χ4n) is 2.89. The minimum Gasteiger partial charge on any atom is -0.493 e. The molecule has 1 aliphatic carbocycles. The third-order valence-corrected chi connectivity index (χ3v) is 5.00. The van der Waals surface area contributed by atoms with E-state index in [1.165, 1.54) is 6.07 Å². The summed E-state index contributed by atoms with van der Waals surface area (Å²) in [6, 6.07) is 9.50. The van der Waals surface area contributed by atoms with Gasteiger partial charge in [0.15, 0.2) is 0 Å². The van der Waals surface area contributed by atoms with Crippen LogP contribution >= 0.6 is 0 Å². The van der Waals surface area contributed by atoms with Crippen LogP contribution in [-0.4, -0.2) is 29.3 Å². The summed E-state index contributed by atoms with van der Waals surface area (Å²) in [5, 5.41) is 8.87. The largest absolute Gasteiger partial charge is 0.493 e. The number of halogens is 3. The van der Waals surface area contributed by atoms with Gasteiger partial charge >= 0.3 is 12.1 Å². The van der Waals surface area contributed by atoms with E-state index in [-0.39, 0.29) is 17.8 Å². The Kier molecular flexibility index (Phi) is 6.00. The Morgan fingerprint density at radius 3 is 2.17 bits per heavy atom. The smallest absolute Gasteiger partial charge is 0.433 e. The fraction of sp³-hybridized carbons (Fsp3) is 0.429. The van der Waals surface area contributed by atoms with Crippen molar-refractivity contribution < 1.29 is 32.5 Å². The molecule has 29 heavy (non-hydrogen) atoms. The van der Waals surface area contributed by atoms with Crippen molar-refractivity contribution in [3.8, 4) is 11.5 Å². The lowest BCUT2D eigenvalue weighted by Gasteiger charge is -2.18. The first-order chi connectivity index (χ1) is 13.7. The van der Waals surface area contributed by atoms with E-state index in [0.29, 0.717) is 24.7 Å². The van der Waals surface area contributed by atoms with Crippen molar-refractivity contribution in [2.45, 2.75) is 38.3 Å². The number of aromatic nitrogens is 1. The first kappa shape index (κ1) is 21.0. The molecular formula is C21H22F3NO4. The summed E-state index contributed by atoms with van der Waals surface area (Å²) in [5.41, 5.74) is -0.174. The standard InChI is InChI=1S/C21H22F3NO4/c1-14(10-19(26)27)15-2-4-16(5-3-15)28-12-20(8-9-20)13-29-17-6-7-18(25-11-17)21(22,23)24/h2-7,11,14H,8-10,12-13H2,1H3,(H,26,27). The number of benzene rings is 1. The van der Waals surface area contributed by atoms with Gasteiger partial charge in [0, 0.05) is 5.41 Å². The highest BCUT2D eigenvalue weighted by atomic mass is 19.4. The lowest BCUT2D eigenvalue weighted by Crippen LogP contribution is -2.21. The van der Waals surface area contributed by atoms with Gasteiger partial charge < -0.3 is 14.6 Å². The molecule has 1 aromatic carbocycles. The van der Waals surface area contributed by atoms with E-state index in [0.717, 1.165) is 30.7 Å². The molecule has 1 atom stereocenters. The second kappa shape index (κ2) is 8.31. The van der Waals surface area contributed by atoms with Crippen molar-refractivity contribution in [1.29, 1.82) is 0 Å². The van der Waals surface area contributed by atoms with Gasteiger partial charge in [-0.3, -0.25) is 4.79 Å². The molecule has 0 bridgehead atoms. The number of carboxylic acids is 1. The molecule has 2 aromatic rings. The van der Waals surface area contributed by atoms with E-state index in [2.05, 4.69) is 4.98 Å². The van der Waals surface area contributed by atoms with Crippen molar-refractivity contribution >= 4 is 5.97 Å². The first-order valence-electron chi connectivity index (χ1n) is 9.27. The molecule has 8 heteroatoms. The zero-order chi connectivity index (χ0) is 21.1. The second-order valence-electron chi connectivity index (χ2n) is 7.52. The van der Waals surface area contributed by atoms with Crippen LogP contribution in [0.4, 0.5) is 13.2 Å². The molecule has 0 radical (unpaired) electrons. The summed E-state index contributed by atoms with van der Waals surface area (Å²) in [6.45, 7) is 2.63. The number of hydrogen-bond acceptors (Lipinski definition) is 4. The van der Waals surface area contributed by atoms with Gasteiger partial charge in [0.25, 0.3) is 0 Å². The van der Waals surface area contributed by atoms with Crippen LogP contribution in [0.3, 0.4) is 0 Å². The van der Waals surface area contributed by atoms with Gasteiger partial charge in [0.05, 0.1) is 25.8 Å². The molecule has 0 saturated heterocycles. The molecule has 0 aliphatic heterocycles. The number of aliphatic carboxylic acids is 1. The second-order valence-corrected chi connectivity index (χ2v) is 7.52. The van der Waals surface area contributed by atoms with Crippen LogP contribution in [-0.2, 0) is 11.0 Å². The van der Waals surface area contributed by atoms with E-state index < -0.39 is 17.8 Å². The average Bonchev–Trinajstić information content (AvgIpc) is 3.45. The molecule has 1 N–H and O–H groups in total. The average molecular weight is 409 g/mol. The summed E-state index contributed by atoms with van der Waals surface area (Å²) < 4.78 is 49.1. The van der Waals surface area contributed by atoms with Gasteiger partial charge in [-0.15, -0.1) is 0 Å². The summed E-state index contributed by atoms with van der Waals surface area (Å²) in [6.07, 6.45) is -1.50. The normalized spacial score (nSPS) is 16.1. The van der Waals surface area contributed by atoms with E-state index in [1.54, 1.807) is 0 Å². The molecule has 0 amide bonds. The zero-order valence-electron chi connectivity index (χ0n) is 15.9. The molecule has 1 fully saturated rings. The van der Waals surface area contributed by atoms with Gasteiger partial charge in [-0.1, -0.05) is 19.1 Å². The minimum atomic E-state index is -4.47. The molecule has 156 valence electrons. The zero-order valence-corrected chi connectivity index (χ0v) is 15.9. The minimum absolute atomic E-state index is 0.0689. The number of pyridine rings is 1. The maximum Gasteiger partial charge on any atom is 0.433 e. The number of hydrogen-bond donors (Lipinski definition) is 1. The molecule has 1 aliphatic rings. The molecule has 1 saturated carbocycles. The third kappa shape index (κ3) is 5.85. The summed E-state index contributed by atoms with van der Waals surface area (Å²) in [4.78, 5) is 14.2. The topological polar surface area (TPSA) is 68.7 Å². The maximum atomic E-state index is 12.5. The maximum absolute atomic E-state index is 12.5. The van der Waals surface area contributed by atoms with Gasteiger partial charge in [0.1, 0.15) is 17.2 Å². The Bertz CT molecular complexity index is 830. The van der Waals surface area contributed by atoms with Crippen LogP contribution in [0.2, 0.25) is 0 Å². The Hall–Kier alpha value is -2.77. The molecular weight excluding hydrogens is 387 g/mol. The van der Waals surface area contributed by atoms with Gasteiger partial charge in [-0.25, -0.2) is 4.98 Å². The lowest BCUT2D eigenvalue weighted by atomic mass is 9.98. The summed E-state index contributed by atoms with van der Waals surface area (Å²) in [7, 11) is 0. The third-order valence-electron chi connectivity index (χ3n) is 5.00. The Morgan fingerprint density at radius 2 is 1.69 bits per heavy atom. The van der Waals surface area contributed by atoms with Gasteiger partial charge in [-0.2, -0.15) is 13.2 Å². The molecule has 1 aromatic heterocycles. The predicted molar refractivity (Wildman–Crippen MR) is 99.0 cm³/mol. The predicted octanol–water partition coefficient (Wildman–Crippen LogP) is 4.92. The van der Waals surface area contributed by atoms with Crippen molar-refractivity contribution in [2.75, 3.05) is 13.2 Å². The van der Waals surface area contributed by atoms with Gasteiger partial charge in [0.2, 0.25) is 0 Å². The number of rotatable bonds is 9. The van der Waals surface area contributed by atoms with Crippen molar-refractivity contribution in [3.63, 3.8) is 0 Å².